The van der Waals surface area contributed by atoms with Crippen LogP contribution in [-0.4, -0.2) is 19.0 Å². The third kappa shape index (κ3) is 3.75. The van der Waals surface area contributed by atoms with Gasteiger partial charge in [0.05, 0.1) is 12.7 Å². The molecule has 1 N–H and O–H groups in total. The number of benzene rings is 2. The molecular formula is C21H18FNO3S. The van der Waals surface area contributed by atoms with Gasteiger partial charge in [-0.05, 0) is 31.5 Å². The number of aryl methyl sites for hydroxylation is 2. The molecule has 1 heterocycles. The van der Waals surface area contributed by atoms with E-state index in [2.05, 4.69) is 5.32 Å². The summed E-state index contributed by atoms with van der Waals surface area (Å²) in [7, 11) is 1.29. The summed E-state index contributed by atoms with van der Waals surface area (Å²) in [6.45, 7) is 3.84. The van der Waals surface area contributed by atoms with Crippen LogP contribution in [0.25, 0.3) is 11.1 Å². The maximum atomic E-state index is 13.9. The number of halogens is 1. The van der Waals surface area contributed by atoms with Crippen molar-refractivity contribution in [2.75, 3.05) is 12.4 Å². The van der Waals surface area contributed by atoms with E-state index in [0.717, 1.165) is 16.0 Å². The van der Waals surface area contributed by atoms with Gasteiger partial charge in [0.1, 0.15) is 16.4 Å². The second kappa shape index (κ2) is 7.72. The molecule has 0 saturated heterocycles. The Labute approximate surface area is 160 Å². The number of ether oxygens (including phenoxy) is 1. The number of hydrogen-bond acceptors (Lipinski definition) is 4. The molecule has 0 atom stereocenters. The largest absolute Gasteiger partial charge is 0.465 e. The fourth-order valence-electron chi connectivity index (χ4n) is 2.81. The lowest BCUT2D eigenvalue weighted by atomic mass is 10.0. The summed E-state index contributed by atoms with van der Waals surface area (Å²) in [5, 5.41) is 3.00. The first-order chi connectivity index (χ1) is 12.9. The van der Waals surface area contributed by atoms with Crippen molar-refractivity contribution in [2.45, 2.75) is 13.8 Å². The summed E-state index contributed by atoms with van der Waals surface area (Å²) in [6.07, 6.45) is 0. The minimum atomic E-state index is -0.623. The van der Waals surface area contributed by atoms with Crippen molar-refractivity contribution in [3.63, 3.8) is 0 Å². The average Bonchev–Trinajstić information content (AvgIpc) is 2.97. The monoisotopic (exact) mass is 383 g/mol. The van der Waals surface area contributed by atoms with Crippen molar-refractivity contribution in [2.24, 2.45) is 0 Å². The number of nitrogens with one attached hydrogen (secondary N) is 1. The minimum absolute atomic E-state index is 0.0868. The molecule has 0 spiro atoms. The number of hydrogen-bond donors (Lipinski definition) is 1. The lowest BCUT2D eigenvalue weighted by Gasteiger charge is -2.09. The molecule has 0 aliphatic carbocycles. The van der Waals surface area contributed by atoms with E-state index < -0.39 is 17.7 Å². The molecule has 1 aromatic heterocycles. The van der Waals surface area contributed by atoms with Gasteiger partial charge in [0.25, 0.3) is 5.91 Å². The predicted octanol–water partition coefficient (Wildman–Crippen LogP) is 5.21. The summed E-state index contributed by atoms with van der Waals surface area (Å²) in [6, 6.07) is 13.4. The molecule has 0 bridgehead atoms. The summed E-state index contributed by atoms with van der Waals surface area (Å²) < 4.78 is 18.8. The Balaban J connectivity index is 2.07. The fourth-order valence-corrected chi connectivity index (χ4v) is 3.87. The van der Waals surface area contributed by atoms with Crippen molar-refractivity contribution in [1.82, 2.24) is 0 Å². The van der Waals surface area contributed by atoms with Crippen LogP contribution in [0.3, 0.4) is 0 Å². The van der Waals surface area contributed by atoms with E-state index in [1.807, 2.05) is 38.1 Å². The molecule has 0 saturated carbocycles. The van der Waals surface area contributed by atoms with Crippen LogP contribution in [0.5, 0.6) is 0 Å². The van der Waals surface area contributed by atoms with Crippen LogP contribution in [0.4, 0.5) is 9.39 Å². The maximum absolute atomic E-state index is 13.9. The van der Waals surface area contributed by atoms with Gasteiger partial charge in [-0.15, -0.1) is 11.3 Å². The Morgan fingerprint density at radius 2 is 1.70 bits per heavy atom. The zero-order valence-corrected chi connectivity index (χ0v) is 15.9. The molecule has 138 valence electrons. The van der Waals surface area contributed by atoms with Crippen LogP contribution in [-0.2, 0) is 4.74 Å². The van der Waals surface area contributed by atoms with E-state index in [4.69, 9.17) is 4.74 Å². The number of carbonyl (C=O) groups excluding carboxylic acids is 2. The van der Waals surface area contributed by atoms with Gasteiger partial charge < -0.3 is 10.1 Å². The minimum Gasteiger partial charge on any atom is -0.465 e. The lowest BCUT2D eigenvalue weighted by molar-refractivity contribution is 0.0603. The third-order valence-corrected chi connectivity index (χ3v) is 5.18. The Morgan fingerprint density at radius 3 is 2.33 bits per heavy atom. The highest BCUT2D eigenvalue weighted by Crippen LogP contribution is 2.40. The van der Waals surface area contributed by atoms with Crippen molar-refractivity contribution in [3.8, 4) is 11.1 Å². The van der Waals surface area contributed by atoms with E-state index in [-0.39, 0.29) is 11.1 Å². The smallest absolute Gasteiger partial charge is 0.341 e. The first-order valence-electron chi connectivity index (χ1n) is 8.27. The number of anilines is 1. The van der Waals surface area contributed by atoms with Crippen LogP contribution in [0.15, 0.2) is 48.5 Å². The Hall–Kier alpha value is -2.99. The van der Waals surface area contributed by atoms with Gasteiger partial charge in [0.2, 0.25) is 0 Å². The summed E-state index contributed by atoms with van der Waals surface area (Å²) in [5.74, 6) is -1.80. The Bertz CT molecular complexity index is 1010. The second-order valence-electron chi connectivity index (χ2n) is 6.03. The summed E-state index contributed by atoms with van der Waals surface area (Å²) in [5.41, 5.74) is 2.83. The van der Waals surface area contributed by atoms with Gasteiger partial charge in [-0.25, -0.2) is 9.18 Å². The normalized spacial score (nSPS) is 10.5. The lowest BCUT2D eigenvalue weighted by Crippen LogP contribution is -2.15. The van der Waals surface area contributed by atoms with E-state index >= 15 is 0 Å². The molecule has 0 fully saturated rings. The highest BCUT2D eigenvalue weighted by Gasteiger charge is 2.25. The first-order valence-corrected chi connectivity index (χ1v) is 9.08. The molecule has 0 radical (unpaired) electrons. The van der Waals surface area contributed by atoms with Gasteiger partial charge in [-0.3, -0.25) is 4.79 Å². The van der Waals surface area contributed by atoms with Crippen molar-refractivity contribution in [3.05, 3.63) is 75.9 Å². The number of thiophene rings is 1. The maximum Gasteiger partial charge on any atom is 0.341 e. The van der Waals surface area contributed by atoms with Crippen molar-refractivity contribution >= 4 is 28.2 Å². The van der Waals surface area contributed by atoms with E-state index in [1.165, 1.54) is 36.6 Å². The first kappa shape index (κ1) is 18.8. The highest BCUT2D eigenvalue weighted by atomic mass is 32.1. The quantitative estimate of drug-likeness (QED) is 0.629. The van der Waals surface area contributed by atoms with Crippen LogP contribution < -0.4 is 5.32 Å². The molecule has 3 aromatic rings. The fraction of sp³-hybridized carbons (Fsp3) is 0.143. The average molecular weight is 383 g/mol. The zero-order valence-electron chi connectivity index (χ0n) is 15.1. The number of amides is 1. The Kier molecular flexibility index (Phi) is 5.37. The highest BCUT2D eigenvalue weighted by molar-refractivity contribution is 7.17. The van der Waals surface area contributed by atoms with Gasteiger partial charge in [0, 0.05) is 10.4 Å². The molecule has 0 unspecified atom stereocenters. The summed E-state index contributed by atoms with van der Waals surface area (Å²) >= 11 is 1.26. The standard InChI is InChI=1S/C21H18FNO3S/c1-12-8-10-14(11-9-12)17-13(2)27-20(18(17)21(25)26-3)23-19(24)15-6-4-5-7-16(15)22/h4-11H,1-3H3,(H,23,24). The van der Waals surface area contributed by atoms with Crippen LogP contribution >= 0.6 is 11.3 Å². The number of methoxy groups -OCH3 is 1. The van der Waals surface area contributed by atoms with Gasteiger partial charge in [-0.2, -0.15) is 0 Å². The van der Waals surface area contributed by atoms with E-state index in [9.17, 15) is 14.0 Å². The molecule has 27 heavy (non-hydrogen) atoms. The molecule has 6 heteroatoms. The van der Waals surface area contributed by atoms with Gasteiger partial charge >= 0.3 is 5.97 Å². The molecule has 0 aliphatic heterocycles. The second-order valence-corrected chi connectivity index (χ2v) is 7.25. The van der Waals surface area contributed by atoms with Crippen molar-refractivity contribution in [1.29, 1.82) is 0 Å². The molecule has 0 aliphatic rings. The van der Waals surface area contributed by atoms with E-state index in [0.29, 0.717) is 10.6 Å². The Morgan fingerprint density at radius 1 is 1.04 bits per heavy atom. The SMILES string of the molecule is COC(=O)c1c(NC(=O)c2ccccc2F)sc(C)c1-c1ccc(C)cc1. The predicted molar refractivity (Wildman–Crippen MR) is 105 cm³/mol. The van der Waals surface area contributed by atoms with Crippen LogP contribution in [0, 0.1) is 19.7 Å². The van der Waals surface area contributed by atoms with Crippen LogP contribution in [0.1, 0.15) is 31.2 Å². The van der Waals surface area contributed by atoms with Crippen LogP contribution in [0.2, 0.25) is 0 Å². The zero-order chi connectivity index (χ0) is 19.6. The molecule has 2 aromatic carbocycles. The van der Waals surface area contributed by atoms with Gasteiger partial charge in [-0.1, -0.05) is 42.0 Å². The summed E-state index contributed by atoms with van der Waals surface area (Å²) in [4.78, 5) is 25.8. The number of rotatable bonds is 4. The molecular weight excluding hydrogens is 365 g/mol. The molecule has 3 rings (SSSR count). The van der Waals surface area contributed by atoms with Crippen molar-refractivity contribution < 1.29 is 18.7 Å². The molecule has 1 amide bonds. The van der Waals surface area contributed by atoms with E-state index in [1.54, 1.807) is 6.07 Å². The number of esters is 1. The molecule has 4 nitrogen and oxygen atoms in total. The number of carbonyl (C=O) groups is 2. The van der Waals surface area contributed by atoms with Gasteiger partial charge in [0.15, 0.2) is 0 Å². The topological polar surface area (TPSA) is 55.4 Å². The third-order valence-electron chi connectivity index (χ3n) is 4.16.